The van der Waals surface area contributed by atoms with Gasteiger partial charge in [-0.1, -0.05) is 18.2 Å². The Morgan fingerprint density at radius 3 is 2.53 bits per heavy atom. The number of nitrogens with zero attached hydrogens (tertiary/aromatic N) is 3. The number of nitrogens with two attached hydrogens (primary N) is 1. The maximum absolute atomic E-state index is 5.85. The molecule has 4 nitrogen and oxygen atoms in total. The molecule has 3 rings (SSSR count). The fourth-order valence-electron chi connectivity index (χ4n) is 1.86. The van der Waals surface area contributed by atoms with Gasteiger partial charge in [0.25, 0.3) is 0 Å². The van der Waals surface area contributed by atoms with Crippen LogP contribution in [0.3, 0.4) is 0 Å². The Kier molecular flexibility index (Phi) is 2.19. The van der Waals surface area contributed by atoms with Crippen LogP contribution in [0, 0.1) is 0 Å². The van der Waals surface area contributed by atoms with Crippen LogP contribution in [0.1, 0.15) is 0 Å². The molecule has 0 saturated carbocycles. The van der Waals surface area contributed by atoms with Gasteiger partial charge < -0.3 is 5.73 Å². The van der Waals surface area contributed by atoms with Crippen LogP contribution in [0.15, 0.2) is 48.9 Å². The summed E-state index contributed by atoms with van der Waals surface area (Å²) < 4.78 is 0. The van der Waals surface area contributed by atoms with Crippen LogP contribution in [0.5, 0.6) is 0 Å². The lowest BCUT2D eigenvalue weighted by molar-refractivity contribution is 1.22. The van der Waals surface area contributed by atoms with Crippen molar-refractivity contribution in [3.8, 4) is 11.3 Å². The van der Waals surface area contributed by atoms with Crippen LogP contribution in [-0.4, -0.2) is 15.0 Å². The van der Waals surface area contributed by atoms with E-state index in [1.807, 2.05) is 30.3 Å². The van der Waals surface area contributed by atoms with E-state index in [2.05, 4.69) is 15.0 Å². The van der Waals surface area contributed by atoms with E-state index in [1.54, 1.807) is 18.6 Å². The monoisotopic (exact) mass is 222 g/mol. The molecule has 0 fully saturated rings. The molecule has 0 aliphatic rings. The molecular formula is C13H10N4. The molecular weight excluding hydrogens is 212 g/mol. The molecule has 0 bridgehead atoms. The van der Waals surface area contributed by atoms with Gasteiger partial charge in [-0.3, -0.25) is 9.97 Å². The number of anilines is 1. The molecule has 0 unspecified atom stereocenters. The van der Waals surface area contributed by atoms with Crippen molar-refractivity contribution in [2.45, 2.75) is 0 Å². The van der Waals surface area contributed by atoms with Gasteiger partial charge >= 0.3 is 0 Å². The van der Waals surface area contributed by atoms with Gasteiger partial charge in [0.05, 0.1) is 5.52 Å². The van der Waals surface area contributed by atoms with E-state index in [1.165, 1.54) is 0 Å². The maximum atomic E-state index is 5.85. The second-order valence-corrected chi connectivity index (χ2v) is 3.67. The van der Waals surface area contributed by atoms with Crippen LogP contribution >= 0.6 is 0 Å². The Bertz CT molecular complexity index is 674. The Hall–Kier alpha value is -2.49. The summed E-state index contributed by atoms with van der Waals surface area (Å²) in [6.07, 6.45) is 4.98. The zero-order valence-electron chi connectivity index (χ0n) is 9.04. The van der Waals surface area contributed by atoms with Crippen molar-refractivity contribution in [1.82, 2.24) is 15.0 Å². The second kappa shape index (κ2) is 3.83. The fourth-order valence-corrected chi connectivity index (χ4v) is 1.86. The first-order valence-electron chi connectivity index (χ1n) is 5.27. The first-order valence-corrected chi connectivity index (χ1v) is 5.27. The molecule has 2 N–H and O–H groups in total. The molecule has 0 aliphatic heterocycles. The van der Waals surface area contributed by atoms with Crippen LogP contribution in [0.4, 0.5) is 5.82 Å². The molecule has 4 heteroatoms. The number of para-hydroxylation sites is 1. The van der Waals surface area contributed by atoms with Gasteiger partial charge in [-0.05, 0) is 12.1 Å². The van der Waals surface area contributed by atoms with Gasteiger partial charge in [0.1, 0.15) is 11.5 Å². The van der Waals surface area contributed by atoms with E-state index in [9.17, 15) is 0 Å². The van der Waals surface area contributed by atoms with Crippen LogP contribution in [0.25, 0.3) is 22.2 Å². The quantitative estimate of drug-likeness (QED) is 0.686. The van der Waals surface area contributed by atoms with Gasteiger partial charge in [-0.25, -0.2) is 4.98 Å². The number of hydrogen-bond acceptors (Lipinski definition) is 4. The van der Waals surface area contributed by atoms with Crippen LogP contribution in [0.2, 0.25) is 0 Å². The first kappa shape index (κ1) is 9.72. The van der Waals surface area contributed by atoms with Crippen LogP contribution in [-0.2, 0) is 0 Å². The van der Waals surface area contributed by atoms with E-state index in [0.717, 1.165) is 16.5 Å². The summed E-state index contributed by atoms with van der Waals surface area (Å²) in [6, 6.07) is 9.80. The lowest BCUT2D eigenvalue weighted by atomic mass is 10.1. The van der Waals surface area contributed by atoms with Gasteiger partial charge in [-0.15, -0.1) is 0 Å². The number of fused-ring (bicyclic) bond motifs is 1. The Morgan fingerprint density at radius 1 is 0.824 bits per heavy atom. The topological polar surface area (TPSA) is 64.7 Å². The molecule has 0 amide bonds. The van der Waals surface area contributed by atoms with E-state index in [-0.39, 0.29) is 0 Å². The minimum atomic E-state index is 0.434. The molecule has 0 atom stereocenters. The molecule has 3 aromatic rings. The maximum Gasteiger partial charge on any atom is 0.150 e. The number of nitrogen functional groups attached to an aromatic ring is 1. The van der Waals surface area contributed by atoms with Crippen molar-refractivity contribution in [1.29, 1.82) is 0 Å². The first-order chi connectivity index (χ1) is 8.36. The SMILES string of the molecule is Nc1nccnc1-c1ccnc2ccccc12. The minimum Gasteiger partial charge on any atom is -0.382 e. The summed E-state index contributed by atoms with van der Waals surface area (Å²) in [4.78, 5) is 12.6. The smallest absolute Gasteiger partial charge is 0.150 e. The van der Waals surface area contributed by atoms with Gasteiger partial charge in [-0.2, -0.15) is 0 Å². The van der Waals surface area contributed by atoms with Crippen molar-refractivity contribution >= 4 is 16.7 Å². The van der Waals surface area contributed by atoms with Crippen LogP contribution < -0.4 is 5.73 Å². The lowest BCUT2D eigenvalue weighted by Crippen LogP contribution is -1.96. The van der Waals surface area contributed by atoms with Gasteiger partial charge in [0.15, 0.2) is 0 Å². The molecule has 0 spiro atoms. The number of pyridine rings is 1. The minimum absolute atomic E-state index is 0.434. The summed E-state index contributed by atoms with van der Waals surface area (Å²) in [5.41, 5.74) is 8.44. The number of hydrogen-bond donors (Lipinski definition) is 1. The third-order valence-electron chi connectivity index (χ3n) is 2.63. The number of rotatable bonds is 1. The number of aromatic nitrogens is 3. The van der Waals surface area contributed by atoms with Gasteiger partial charge in [0, 0.05) is 29.5 Å². The zero-order valence-corrected chi connectivity index (χ0v) is 9.04. The summed E-state index contributed by atoms with van der Waals surface area (Å²) >= 11 is 0. The predicted octanol–water partition coefficient (Wildman–Crippen LogP) is 2.27. The third-order valence-corrected chi connectivity index (χ3v) is 2.63. The van der Waals surface area contributed by atoms with Crippen molar-refractivity contribution in [2.24, 2.45) is 0 Å². The molecule has 0 saturated heterocycles. The molecule has 0 aliphatic carbocycles. The molecule has 82 valence electrons. The highest BCUT2D eigenvalue weighted by Crippen LogP contribution is 2.28. The predicted molar refractivity (Wildman–Crippen MR) is 67.2 cm³/mol. The van der Waals surface area contributed by atoms with Crippen molar-refractivity contribution in [3.05, 3.63) is 48.9 Å². The third kappa shape index (κ3) is 1.59. The summed E-state index contributed by atoms with van der Waals surface area (Å²) in [7, 11) is 0. The van der Waals surface area contributed by atoms with E-state index >= 15 is 0 Å². The highest BCUT2D eigenvalue weighted by atomic mass is 14.9. The fraction of sp³-hybridized carbons (Fsp3) is 0. The second-order valence-electron chi connectivity index (χ2n) is 3.67. The highest BCUT2D eigenvalue weighted by molar-refractivity contribution is 5.95. The Morgan fingerprint density at radius 2 is 1.65 bits per heavy atom. The molecule has 1 aromatic carbocycles. The van der Waals surface area contributed by atoms with Crippen molar-refractivity contribution in [3.63, 3.8) is 0 Å². The summed E-state index contributed by atoms with van der Waals surface area (Å²) in [6.45, 7) is 0. The molecule has 17 heavy (non-hydrogen) atoms. The molecule has 2 heterocycles. The average Bonchev–Trinajstić information content (AvgIpc) is 2.39. The molecule has 0 radical (unpaired) electrons. The normalized spacial score (nSPS) is 10.6. The van der Waals surface area contributed by atoms with E-state index in [0.29, 0.717) is 11.5 Å². The highest BCUT2D eigenvalue weighted by Gasteiger charge is 2.08. The largest absolute Gasteiger partial charge is 0.382 e. The van der Waals surface area contributed by atoms with E-state index < -0.39 is 0 Å². The van der Waals surface area contributed by atoms with Crippen molar-refractivity contribution < 1.29 is 0 Å². The lowest BCUT2D eigenvalue weighted by Gasteiger charge is -2.06. The standard InChI is InChI=1S/C13H10N4/c14-13-12(16-7-8-17-13)10-5-6-15-11-4-2-1-3-9(10)11/h1-8H,(H2,14,17). The summed E-state index contributed by atoms with van der Waals surface area (Å²) in [5.74, 6) is 0.434. The van der Waals surface area contributed by atoms with E-state index in [4.69, 9.17) is 5.73 Å². The average molecular weight is 222 g/mol. The zero-order chi connectivity index (χ0) is 11.7. The summed E-state index contributed by atoms with van der Waals surface area (Å²) in [5, 5.41) is 1.03. The Labute approximate surface area is 98.2 Å². The number of benzene rings is 1. The molecule has 2 aromatic heterocycles. The van der Waals surface area contributed by atoms with Gasteiger partial charge in [0.2, 0.25) is 0 Å². The van der Waals surface area contributed by atoms with Crippen molar-refractivity contribution in [2.75, 3.05) is 5.73 Å². The Balaban J connectivity index is 2.35.